The van der Waals surface area contributed by atoms with E-state index in [9.17, 15) is 14.4 Å². The molecular formula is C14H23NO5. The third-order valence-corrected chi connectivity index (χ3v) is 2.35. The first-order valence-corrected chi connectivity index (χ1v) is 6.39. The molecule has 0 aliphatic rings. The quantitative estimate of drug-likeness (QED) is 0.596. The summed E-state index contributed by atoms with van der Waals surface area (Å²) in [5.41, 5.74) is -0.543. The van der Waals surface area contributed by atoms with E-state index in [0.717, 1.165) is 0 Å². The van der Waals surface area contributed by atoms with E-state index < -0.39 is 23.7 Å². The lowest BCUT2D eigenvalue weighted by atomic mass is 10.0. The van der Waals surface area contributed by atoms with Gasteiger partial charge in [0.2, 0.25) is 0 Å². The number of Topliss-reactive ketones (excluding diaryl/α,β-unsaturated/α-hetero) is 1. The number of ketones is 1. The Balaban J connectivity index is 4.74. The minimum Gasteiger partial charge on any atom is -0.466 e. The summed E-state index contributed by atoms with van der Waals surface area (Å²) in [6.07, 6.45) is -0.477. The number of carbonyl (C=O) groups is 3. The Kier molecular flexibility index (Phi) is 6.96. The Bertz CT molecular complexity index is 395. The molecule has 0 bridgehead atoms. The summed E-state index contributed by atoms with van der Waals surface area (Å²) in [5.74, 6) is -0.814. The summed E-state index contributed by atoms with van der Waals surface area (Å²) < 4.78 is 9.60. The number of rotatable bonds is 6. The van der Waals surface area contributed by atoms with Crippen molar-refractivity contribution >= 4 is 17.8 Å². The fourth-order valence-electron chi connectivity index (χ4n) is 1.42. The van der Waals surface area contributed by atoms with Gasteiger partial charge in [0.1, 0.15) is 5.60 Å². The molecule has 114 valence electrons. The van der Waals surface area contributed by atoms with Gasteiger partial charge in [-0.05, 0) is 20.8 Å². The standard InChI is InChI=1S/C14H23NO5/c1-7-11(16)10(8-9(2)12(17)19-6)15-13(18)20-14(3,4)5/h10H,2,7-8H2,1,3-6H3,(H,15,18)/t10-/m0/s1. The largest absolute Gasteiger partial charge is 0.466 e. The smallest absolute Gasteiger partial charge is 0.408 e. The van der Waals surface area contributed by atoms with E-state index in [1.165, 1.54) is 7.11 Å². The Morgan fingerprint density at radius 3 is 2.20 bits per heavy atom. The molecule has 0 aromatic heterocycles. The van der Waals surface area contributed by atoms with Gasteiger partial charge in [-0.3, -0.25) is 4.79 Å². The van der Waals surface area contributed by atoms with E-state index >= 15 is 0 Å². The maximum atomic E-state index is 11.8. The van der Waals surface area contributed by atoms with Gasteiger partial charge in [-0.2, -0.15) is 0 Å². The average Bonchev–Trinajstić information content (AvgIpc) is 2.33. The summed E-state index contributed by atoms with van der Waals surface area (Å²) in [4.78, 5) is 34.8. The average molecular weight is 285 g/mol. The second-order valence-electron chi connectivity index (χ2n) is 5.32. The second kappa shape index (κ2) is 7.67. The molecule has 0 aliphatic heterocycles. The Morgan fingerprint density at radius 1 is 1.25 bits per heavy atom. The van der Waals surface area contributed by atoms with Gasteiger partial charge in [0, 0.05) is 18.4 Å². The number of hydrogen-bond donors (Lipinski definition) is 1. The topological polar surface area (TPSA) is 81.7 Å². The highest BCUT2D eigenvalue weighted by Crippen LogP contribution is 2.11. The lowest BCUT2D eigenvalue weighted by Gasteiger charge is -2.23. The summed E-state index contributed by atoms with van der Waals surface area (Å²) in [6, 6.07) is -0.846. The molecule has 0 aromatic carbocycles. The molecule has 0 unspecified atom stereocenters. The molecule has 20 heavy (non-hydrogen) atoms. The third kappa shape index (κ3) is 6.92. The van der Waals surface area contributed by atoms with Crippen LogP contribution in [0.2, 0.25) is 0 Å². The van der Waals surface area contributed by atoms with E-state index in [0.29, 0.717) is 0 Å². The monoisotopic (exact) mass is 285 g/mol. The highest BCUT2D eigenvalue weighted by Gasteiger charge is 2.25. The molecule has 0 saturated carbocycles. The molecule has 0 heterocycles. The van der Waals surface area contributed by atoms with Crippen molar-refractivity contribution in [3.05, 3.63) is 12.2 Å². The van der Waals surface area contributed by atoms with Crippen LogP contribution in [-0.2, 0) is 19.1 Å². The second-order valence-corrected chi connectivity index (χ2v) is 5.32. The van der Waals surface area contributed by atoms with Gasteiger partial charge >= 0.3 is 12.1 Å². The molecule has 6 nitrogen and oxygen atoms in total. The van der Waals surface area contributed by atoms with Crippen molar-refractivity contribution in [2.24, 2.45) is 0 Å². The van der Waals surface area contributed by atoms with E-state index in [2.05, 4.69) is 16.6 Å². The van der Waals surface area contributed by atoms with Crippen LogP contribution in [0.5, 0.6) is 0 Å². The number of methoxy groups -OCH3 is 1. The molecular weight excluding hydrogens is 262 g/mol. The van der Waals surface area contributed by atoms with E-state index in [1.807, 2.05) is 0 Å². The van der Waals surface area contributed by atoms with Crippen LogP contribution in [0.1, 0.15) is 40.5 Å². The Labute approximate surface area is 119 Å². The van der Waals surface area contributed by atoms with Crippen LogP contribution in [0.3, 0.4) is 0 Å². The van der Waals surface area contributed by atoms with E-state index in [-0.39, 0.29) is 24.2 Å². The fourth-order valence-corrected chi connectivity index (χ4v) is 1.42. The van der Waals surface area contributed by atoms with Crippen molar-refractivity contribution in [3.63, 3.8) is 0 Å². The number of ether oxygens (including phenoxy) is 2. The van der Waals surface area contributed by atoms with Gasteiger partial charge in [-0.25, -0.2) is 9.59 Å². The van der Waals surface area contributed by atoms with Gasteiger partial charge in [-0.15, -0.1) is 0 Å². The van der Waals surface area contributed by atoms with Crippen molar-refractivity contribution < 1.29 is 23.9 Å². The molecule has 0 fully saturated rings. The van der Waals surface area contributed by atoms with Crippen LogP contribution in [0.4, 0.5) is 4.79 Å². The number of carbonyl (C=O) groups excluding carboxylic acids is 3. The van der Waals surface area contributed by atoms with Crippen LogP contribution < -0.4 is 5.32 Å². The van der Waals surface area contributed by atoms with Gasteiger partial charge in [0.05, 0.1) is 13.2 Å². The van der Waals surface area contributed by atoms with Crippen LogP contribution in [0.25, 0.3) is 0 Å². The molecule has 0 saturated heterocycles. The Morgan fingerprint density at radius 2 is 1.80 bits per heavy atom. The lowest BCUT2D eigenvalue weighted by molar-refractivity contribution is -0.136. The number of nitrogens with one attached hydrogen (secondary N) is 1. The molecule has 0 radical (unpaired) electrons. The molecule has 1 amide bonds. The van der Waals surface area contributed by atoms with Crippen molar-refractivity contribution in [2.45, 2.75) is 52.2 Å². The highest BCUT2D eigenvalue weighted by molar-refractivity contribution is 5.92. The first-order chi connectivity index (χ1) is 9.10. The van der Waals surface area contributed by atoms with E-state index in [1.54, 1.807) is 27.7 Å². The maximum Gasteiger partial charge on any atom is 0.408 e. The minimum atomic E-state index is -0.846. The van der Waals surface area contributed by atoms with Crippen LogP contribution in [0.15, 0.2) is 12.2 Å². The summed E-state index contributed by atoms with van der Waals surface area (Å²) in [7, 11) is 1.23. The number of hydrogen-bond acceptors (Lipinski definition) is 5. The van der Waals surface area contributed by atoms with Crippen molar-refractivity contribution in [2.75, 3.05) is 7.11 Å². The molecule has 0 rings (SSSR count). The van der Waals surface area contributed by atoms with Gasteiger partial charge < -0.3 is 14.8 Å². The van der Waals surface area contributed by atoms with Gasteiger partial charge in [0.25, 0.3) is 0 Å². The highest BCUT2D eigenvalue weighted by atomic mass is 16.6. The minimum absolute atomic E-state index is 0.00140. The number of amides is 1. The molecule has 1 atom stereocenters. The van der Waals surface area contributed by atoms with Crippen molar-refractivity contribution in [1.29, 1.82) is 0 Å². The van der Waals surface area contributed by atoms with Crippen LogP contribution >= 0.6 is 0 Å². The number of alkyl carbamates (subject to hydrolysis) is 1. The normalized spacial score (nSPS) is 12.2. The van der Waals surface area contributed by atoms with E-state index in [4.69, 9.17) is 4.74 Å². The molecule has 1 N–H and O–H groups in total. The van der Waals surface area contributed by atoms with Crippen LogP contribution in [-0.4, -0.2) is 36.6 Å². The Hall–Kier alpha value is -1.85. The molecule has 0 aromatic rings. The van der Waals surface area contributed by atoms with Crippen molar-refractivity contribution in [1.82, 2.24) is 5.32 Å². The maximum absolute atomic E-state index is 11.8. The first kappa shape index (κ1) is 18.1. The van der Waals surface area contributed by atoms with Gasteiger partial charge in [-0.1, -0.05) is 13.5 Å². The SMILES string of the molecule is C=C(C[C@H](NC(=O)OC(C)(C)C)C(=O)CC)C(=O)OC. The fraction of sp³-hybridized carbons (Fsp3) is 0.643. The molecule has 0 aliphatic carbocycles. The third-order valence-electron chi connectivity index (χ3n) is 2.35. The summed E-state index contributed by atoms with van der Waals surface area (Å²) in [5, 5.41) is 2.45. The summed E-state index contributed by atoms with van der Waals surface area (Å²) in [6.45, 7) is 10.4. The zero-order valence-corrected chi connectivity index (χ0v) is 12.7. The number of esters is 1. The molecule has 0 spiro atoms. The predicted molar refractivity (Wildman–Crippen MR) is 74.2 cm³/mol. The molecule has 6 heteroatoms. The zero-order chi connectivity index (χ0) is 15.9. The predicted octanol–water partition coefficient (Wildman–Crippen LogP) is 1.98. The summed E-state index contributed by atoms with van der Waals surface area (Å²) >= 11 is 0. The lowest BCUT2D eigenvalue weighted by Crippen LogP contribution is -2.43. The van der Waals surface area contributed by atoms with Crippen LogP contribution in [0, 0.1) is 0 Å². The van der Waals surface area contributed by atoms with Gasteiger partial charge in [0.15, 0.2) is 5.78 Å². The zero-order valence-electron chi connectivity index (χ0n) is 12.7. The van der Waals surface area contributed by atoms with Crippen molar-refractivity contribution in [3.8, 4) is 0 Å². The first-order valence-electron chi connectivity index (χ1n) is 6.39.